The number of nitrogens with zero attached hydrogens (tertiary/aromatic N) is 3. The van der Waals surface area contributed by atoms with Gasteiger partial charge in [0.15, 0.2) is 0 Å². The summed E-state index contributed by atoms with van der Waals surface area (Å²) in [6.07, 6.45) is 2.30. The highest BCUT2D eigenvalue weighted by Crippen LogP contribution is 2.37. The molecule has 2 N–H and O–H groups in total. The minimum Gasteiger partial charge on any atom is -0.338 e. The molecule has 3 aliphatic rings. The highest BCUT2D eigenvalue weighted by atomic mass is 16.2. The first-order valence-electron chi connectivity index (χ1n) is 9.65. The van der Waals surface area contributed by atoms with E-state index in [1.54, 1.807) is 0 Å². The van der Waals surface area contributed by atoms with Crippen LogP contribution >= 0.6 is 0 Å². The Morgan fingerprint density at radius 3 is 2.48 bits per heavy atom. The standard InChI is InChI=1S/C20H30N4O/c1-22-8-10-23(11-9-22)12-15-2-4-16(5-3-15)20(25)24-13-17-6-7-19(21)18(17)14-24/h2-5,17-19H,6-14,21H2,1H3. The summed E-state index contributed by atoms with van der Waals surface area (Å²) in [6, 6.07) is 8.53. The maximum Gasteiger partial charge on any atom is 0.253 e. The second-order valence-corrected chi connectivity index (χ2v) is 8.15. The van der Waals surface area contributed by atoms with Crippen LogP contribution in [0.2, 0.25) is 0 Å². The molecule has 3 atom stereocenters. The molecule has 1 aliphatic carbocycles. The maximum atomic E-state index is 12.8. The molecule has 0 bridgehead atoms. The summed E-state index contributed by atoms with van der Waals surface area (Å²) in [5, 5.41) is 0. The Hall–Kier alpha value is -1.43. The van der Waals surface area contributed by atoms with E-state index in [0.29, 0.717) is 11.8 Å². The van der Waals surface area contributed by atoms with Gasteiger partial charge in [-0.3, -0.25) is 9.69 Å². The van der Waals surface area contributed by atoms with E-state index in [-0.39, 0.29) is 11.9 Å². The molecule has 2 aliphatic heterocycles. The molecule has 1 aromatic rings. The molecular weight excluding hydrogens is 312 g/mol. The molecule has 5 heteroatoms. The van der Waals surface area contributed by atoms with Crippen LogP contribution in [0.4, 0.5) is 0 Å². The average Bonchev–Trinajstić information content (AvgIpc) is 3.19. The minimum absolute atomic E-state index is 0.174. The SMILES string of the molecule is CN1CCN(Cc2ccc(C(=O)N3CC4CCC(N)C4C3)cc2)CC1. The van der Waals surface area contributed by atoms with Crippen molar-refractivity contribution in [2.45, 2.75) is 25.4 Å². The van der Waals surface area contributed by atoms with Crippen LogP contribution in [0.3, 0.4) is 0 Å². The Balaban J connectivity index is 1.35. The monoisotopic (exact) mass is 342 g/mol. The number of benzene rings is 1. The molecule has 5 nitrogen and oxygen atoms in total. The number of likely N-dealkylation sites (tertiary alicyclic amines) is 1. The number of carbonyl (C=O) groups is 1. The number of fused-ring (bicyclic) bond motifs is 1. The first-order valence-corrected chi connectivity index (χ1v) is 9.65. The topological polar surface area (TPSA) is 52.8 Å². The maximum absolute atomic E-state index is 12.8. The van der Waals surface area contributed by atoms with Gasteiger partial charge in [0, 0.05) is 57.4 Å². The van der Waals surface area contributed by atoms with Crippen LogP contribution in [0.5, 0.6) is 0 Å². The Bertz CT molecular complexity index is 609. The van der Waals surface area contributed by atoms with Crippen LogP contribution in [-0.2, 0) is 6.54 Å². The lowest BCUT2D eigenvalue weighted by molar-refractivity contribution is 0.0779. The Morgan fingerprint density at radius 2 is 1.80 bits per heavy atom. The smallest absolute Gasteiger partial charge is 0.253 e. The lowest BCUT2D eigenvalue weighted by Crippen LogP contribution is -2.43. The van der Waals surface area contributed by atoms with Gasteiger partial charge in [0.05, 0.1) is 0 Å². The van der Waals surface area contributed by atoms with Gasteiger partial charge in [-0.15, -0.1) is 0 Å². The molecule has 1 aromatic carbocycles. The lowest BCUT2D eigenvalue weighted by atomic mass is 9.98. The minimum atomic E-state index is 0.174. The van der Waals surface area contributed by atoms with Crippen molar-refractivity contribution in [2.24, 2.45) is 17.6 Å². The van der Waals surface area contributed by atoms with Crippen LogP contribution in [0.15, 0.2) is 24.3 Å². The van der Waals surface area contributed by atoms with Crippen LogP contribution in [-0.4, -0.2) is 73.0 Å². The third-order valence-corrected chi connectivity index (χ3v) is 6.40. The number of piperazine rings is 1. The zero-order valence-electron chi connectivity index (χ0n) is 15.2. The van der Waals surface area contributed by atoms with E-state index in [1.807, 2.05) is 17.0 Å². The van der Waals surface area contributed by atoms with Gasteiger partial charge < -0.3 is 15.5 Å². The molecule has 1 saturated carbocycles. The summed E-state index contributed by atoms with van der Waals surface area (Å²) in [5.74, 6) is 1.31. The van der Waals surface area contributed by atoms with Crippen molar-refractivity contribution in [3.05, 3.63) is 35.4 Å². The van der Waals surface area contributed by atoms with E-state index < -0.39 is 0 Å². The molecule has 1 amide bonds. The van der Waals surface area contributed by atoms with Gasteiger partial charge in [-0.05, 0) is 49.4 Å². The van der Waals surface area contributed by atoms with Crippen molar-refractivity contribution in [3.63, 3.8) is 0 Å². The van der Waals surface area contributed by atoms with E-state index in [1.165, 1.54) is 12.0 Å². The van der Waals surface area contributed by atoms with E-state index in [0.717, 1.165) is 57.8 Å². The predicted octanol–water partition coefficient (Wildman–Crippen LogP) is 1.24. The van der Waals surface area contributed by atoms with Gasteiger partial charge in [-0.25, -0.2) is 0 Å². The molecule has 3 fully saturated rings. The number of hydrogen-bond acceptors (Lipinski definition) is 4. The summed E-state index contributed by atoms with van der Waals surface area (Å²) in [6.45, 7) is 7.22. The number of carbonyl (C=O) groups excluding carboxylic acids is 1. The van der Waals surface area contributed by atoms with Crippen LogP contribution in [0.25, 0.3) is 0 Å². The van der Waals surface area contributed by atoms with E-state index in [4.69, 9.17) is 5.73 Å². The fraction of sp³-hybridized carbons (Fsp3) is 0.650. The molecule has 4 rings (SSSR count). The largest absolute Gasteiger partial charge is 0.338 e. The van der Waals surface area contributed by atoms with Gasteiger partial charge in [0.1, 0.15) is 0 Å². The molecule has 2 saturated heterocycles. The van der Waals surface area contributed by atoms with Gasteiger partial charge in [-0.1, -0.05) is 12.1 Å². The zero-order valence-corrected chi connectivity index (χ0v) is 15.2. The van der Waals surface area contributed by atoms with E-state index in [2.05, 4.69) is 29.0 Å². The molecular formula is C20H30N4O. The van der Waals surface area contributed by atoms with Gasteiger partial charge in [0.2, 0.25) is 0 Å². The van der Waals surface area contributed by atoms with Crippen LogP contribution < -0.4 is 5.73 Å². The molecule has 3 unspecified atom stereocenters. The summed E-state index contributed by atoms with van der Waals surface area (Å²) in [7, 11) is 2.18. The zero-order chi connectivity index (χ0) is 17.4. The molecule has 2 heterocycles. The third kappa shape index (κ3) is 3.59. The first kappa shape index (κ1) is 17.0. The van der Waals surface area contributed by atoms with E-state index in [9.17, 15) is 4.79 Å². The fourth-order valence-electron chi connectivity index (χ4n) is 4.67. The Kier molecular flexibility index (Phi) is 4.80. The second kappa shape index (κ2) is 7.06. The molecule has 136 valence electrons. The highest BCUT2D eigenvalue weighted by molar-refractivity contribution is 5.94. The van der Waals surface area contributed by atoms with E-state index >= 15 is 0 Å². The summed E-state index contributed by atoms with van der Waals surface area (Å²) in [4.78, 5) is 19.7. The van der Waals surface area contributed by atoms with Crippen molar-refractivity contribution < 1.29 is 4.79 Å². The molecule has 0 radical (unpaired) electrons. The summed E-state index contributed by atoms with van der Waals surface area (Å²) >= 11 is 0. The van der Waals surface area contributed by atoms with Gasteiger partial charge in [-0.2, -0.15) is 0 Å². The van der Waals surface area contributed by atoms with Crippen molar-refractivity contribution in [1.82, 2.24) is 14.7 Å². The van der Waals surface area contributed by atoms with Crippen molar-refractivity contribution in [3.8, 4) is 0 Å². The summed E-state index contributed by atoms with van der Waals surface area (Å²) in [5.41, 5.74) is 8.30. The van der Waals surface area contributed by atoms with Gasteiger partial charge >= 0.3 is 0 Å². The number of amides is 1. The number of hydrogen-bond donors (Lipinski definition) is 1. The fourth-order valence-corrected chi connectivity index (χ4v) is 4.67. The molecule has 0 spiro atoms. The number of rotatable bonds is 3. The predicted molar refractivity (Wildman–Crippen MR) is 99.3 cm³/mol. The van der Waals surface area contributed by atoms with Crippen molar-refractivity contribution in [1.29, 1.82) is 0 Å². The second-order valence-electron chi connectivity index (χ2n) is 8.15. The Morgan fingerprint density at radius 1 is 1.08 bits per heavy atom. The molecule has 25 heavy (non-hydrogen) atoms. The van der Waals surface area contributed by atoms with Gasteiger partial charge in [0.25, 0.3) is 5.91 Å². The number of nitrogens with two attached hydrogens (primary N) is 1. The first-order chi connectivity index (χ1) is 12.1. The van der Waals surface area contributed by atoms with Crippen LogP contribution in [0, 0.1) is 11.8 Å². The summed E-state index contributed by atoms with van der Waals surface area (Å²) < 4.78 is 0. The third-order valence-electron chi connectivity index (χ3n) is 6.40. The normalized spacial score (nSPS) is 30.6. The number of likely N-dealkylation sites (N-methyl/N-ethyl adjacent to an activating group) is 1. The van der Waals surface area contributed by atoms with Crippen molar-refractivity contribution >= 4 is 5.91 Å². The van der Waals surface area contributed by atoms with Crippen molar-refractivity contribution in [2.75, 3.05) is 46.3 Å². The molecule has 0 aromatic heterocycles. The van der Waals surface area contributed by atoms with Crippen LogP contribution in [0.1, 0.15) is 28.8 Å². The highest BCUT2D eigenvalue weighted by Gasteiger charge is 2.42. The average molecular weight is 342 g/mol. The lowest BCUT2D eigenvalue weighted by Gasteiger charge is -2.32. The Labute approximate surface area is 150 Å². The quantitative estimate of drug-likeness (QED) is 0.898.